The molecule has 0 saturated carbocycles. The highest BCUT2D eigenvalue weighted by molar-refractivity contribution is 5.73. The summed E-state index contributed by atoms with van der Waals surface area (Å²) < 4.78 is 24.7. The number of benzene rings is 2. The summed E-state index contributed by atoms with van der Waals surface area (Å²) in [6.07, 6.45) is -4.62. The third-order valence-electron chi connectivity index (χ3n) is 4.69. The fraction of sp³-hybridized carbons (Fsp3) is 0.381. The Bertz CT molecular complexity index is 861. The van der Waals surface area contributed by atoms with E-state index in [4.69, 9.17) is 9.47 Å². The minimum Gasteiger partial charge on any atom is -0.462 e. The molecular weight excluding hydrogens is 381 g/mol. The third-order valence-corrected chi connectivity index (χ3v) is 4.69. The molecule has 0 aliphatic carbocycles. The number of aliphatic hydroxyl groups excluding tert-OH is 3. The maximum Gasteiger partial charge on any atom is 0.228 e. The Morgan fingerprint density at radius 2 is 2.00 bits per heavy atom. The second-order valence-corrected chi connectivity index (χ2v) is 6.93. The highest BCUT2D eigenvalue weighted by Gasteiger charge is 2.39. The molecule has 1 aliphatic heterocycles. The quantitative estimate of drug-likeness (QED) is 0.571. The van der Waals surface area contributed by atoms with Gasteiger partial charge in [0.25, 0.3) is 0 Å². The maximum atomic E-state index is 13.8. The van der Waals surface area contributed by atoms with Crippen LogP contribution in [0, 0.1) is 5.82 Å². The fourth-order valence-electron chi connectivity index (χ4n) is 3.16. The van der Waals surface area contributed by atoms with E-state index in [0.717, 1.165) is 5.56 Å². The van der Waals surface area contributed by atoms with Crippen molar-refractivity contribution in [3.63, 3.8) is 0 Å². The van der Waals surface area contributed by atoms with E-state index >= 15 is 0 Å². The van der Waals surface area contributed by atoms with Crippen molar-refractivity contribution in [3.8, 4) is 16.9 Å². The normalized spacial score (nSPS) is 24.2. The Hall–Kier alpha value is -2.52. The van der Waals surface area contributed by atoms with Crippen LogP contribution in [0.3, 0.4) is 0 Å². The van der Waals surface area contributed by atoms with Gasteiger partial charge in [0, 0.05) is 13.5 Å². The van der Waals surface area contributed by atoms with Crippen LogP contribution in [0.2, 0.25) is 0 Å². The molecule has 2 aromatic carbocycles. The van der Waals surface area contributed by atoms with Crippen LogP contribution in [0.5, 0.6) is 5.75 Å². The van der Waals surface area contributed by atoms with Crippen LogP contribution in [0.25, 0.3) is 11.1 Å². The van der Waals surface area contributed by atoms with Crippen LogP contribution in [-0.4, -0.2) is 59.0 Å². The van der Waals surface area contributed by atoms with Gasteiger partial charge < -0.3 is 30.1 Å². The summed E-state index contributed by atoms with van der Waals surface area (Å²) in [7, 11) is 0. The standard InChI is InChI=1S/C21H24FNO6/c1-12(24)23-8-7-13-5-6-16(10-17(13)14-3-2-4-15(22)9-14)29-21-20(27)19(26)18(25)11-28-21/h2-6,9-10,18-21,25-27H,7-8,11H2,1H3,(H,23,24)/t18-,19+,20+,21?/m1/s1. The molecule has 1 fully saturated rings. The summed E-state index contributed by atoms with van der Waals surface area (Å²) >= 11 is 0. The van der Waals surface area contributed by atoms with Crippen LogP contribution < -0.4 is 10.1 Å². The van der Waals surface area contributed by atoms with E-state index in [2.05, 4.69) is 5.32 Å². The zero-order chi connectivity index (χ0) is 21.0. The van der Waals surface area contributed by atoms with E-state index in [1.807, 2.05) is 0 Å². The van der Waals surface area contributed by atoms with Crippen LogP contribution in [-0.2, 0) is 16.0 Å². The van der Waals surface area contributed by atoms with Gasteiger partial charge >= 0.3 is 0 Å². The number of amides is 1. The average molecular weight is 405 g/mol. The van der Waals surface area contributed by atoms with E-state index < -0.39 is 24.6 Å². The summed E-state index contributed by atoms with van der Waals surface area (Å²) in [5.41, 5.74) is 2.21. The van der Waals surface area contributed by atoms with Gasteiger partial charge in [0.2, 0.25) is 12.2 Å². The topological polar surface area (TPSA) is 108 Å². The highest BCUT2D eigenvalue weighted by Crippen LogP contribution is 2.30. The van der Waals surface area contributed by atoms with Gasteiger partial charge in [-0.05, 0) is 47.4 Å². The molecule has 1 amide bonds. The van der Waals surface area contributed by atoms with Crippen molar-refractivity contribution in [2.75, 3.05) is 13.2 Å². The Balaban J connectivity index is 1.85. The smallest absolute Gasteiger partial charge is 0.228 e. The molecule has 0 aromatic heterocycles. The number of carbonyl (C=O) groups excluding carboxylic acids is 1. The van der Waals surface area contributed by atoms with Crippen LogP contribution in [0.4, 0.5) is 4.39 Å². The van der Waals surface area contributed by atoms with Gasteiger partial charge in [-0.3, -0.25) is 4.79 Å². The molecule has 7 nitrogen and oxygen atoms in total. The molecule has 156 valence electrons. The molecule has 0 spiro atoms. The maximum absolute atomic E-state index is 13.8. The summed E-state index contributed by atoms with van der Waals surface area (Å²) in [6, 6.07) is 11.2. The zero-order valence-electron chi connectivity index (χ0n) is 15.9. The number of hydrogen-bond acceptors (Lipinski definition) is 6. The first-order chi connectivity index (χ1) is 13.8. The summed E-state index contributed by atoms with van der Waals surface area (Å²) in [5.74, 6) is -0.175. The molecule has 4 atom stereocenters. The van der Waals surface area contributed by atoms with Gasteiger partial charge in [0.05, 0.1) is 6.61 Å². The van der Waals surface area contributed by atoms with E-state index in [9.17, 15) is 24.5 Å². The molecule has 3 rings (SSSR count). The monoisotopic (exact) mass is 405 g/mol. The molecule has 0 bridgehead atoms. The lowest BCUT2D eigenvalue weighted by molar-refractivity contribution is -0.242. The number of ether oxygens (including phenoxy) is 2. The summed E-state index contributed by atoms with van der Waals surface area (Å²) in [6.45, 7) is 1.69. The lowest BCUT2D eigenvalue weighted by Gasteiger charge is -2.35. The van der Waals surface area contributed by atoms with E-state index in [1.54, 1.807) is 30.3 Å². The van der Waals surface area contributed by atoms with E-state index in [-0.39, 0.29) is 18.3 Å². The Kier molecular flexibility index (Phi) is 6.81. The van der Waals surface area contributed by atoms with Crippen LogP contribution in [0.15, 0.2) is 42.5 Å². The van der Waals surface area contributed by atoms with Crippen molar-refractivity contribution < 1.29 is 34.0 Å². The van der Waals surface area contributed by atoms with Crippen molar-refractivity contribution in [3.05, 3.63) is 53.8 Å². The van der Waals surface area contributed by atoms with Gasteiger partial charge in [-0.1, -0.05) is 18.2 Å². The SMILES string of the molecule is CC(=O)NCCc1ccc(OC2OC[C@@H](O)[C@H](O)[C@@H]2O)cc1-c1cccc(F)c1. The van der Waals surface area contributed by atoms with Gasteiger partial charge in [-0.25, -0.2) is 4.39 Å². The molecular formula is C21H24FNO6. The Morgan fingerprint density at radius 1 is 1.21 bits per heavy atom. The molecule has 1 saturated heterocycles. The second-order valence-electron chi connectivity index (χ2n) is 6.93. The minimum absolute atomic E-state index is 0.138. The van der Waals surface area contributed by atoms with Gasteiger partial charge in [-0.15, -0.1) is 0 Å². The van der Waals surface area contributed by atoms with Gasteiger partial charge in [-0.2, -0.15) is 0 Å². The summed E-state index contributed by atoms with van der Waals surface area (Å²) in [5, 5.41) is 32.2. The average Bonchev–Trinajstić information content (AvgIpc) is 2.69. The number of nitrogens with one attached hydrogen (secondary N) is 1. The molecule has 29 heavy (non-hydrogen) atoms. The van der Waals surface area contributed by atoms with Crippen molar-refractivity contribution in [2.24, 2.45) is 0 Å². The predicted molar refractivity (Wildman–Crippen MR) is 103 cm³/mol. The summed E-state index contributed by atoms with van der Waals surface area (Å²) in [4.78, 5) is 11.1. The lowest BCUT2D eigenvalue weighted by Crippen LogP contribution is -2.54. The lowest BCUT2D eigenvalue weighted by atomic mass is 9.97. The molecule has 2 aromatic rings. The number of hydrogen-bond donors (Lipinski definition) is 4. The van der Waals surface area contributed by atoms with Crippen molar-refractivity contribution >= 4 is 5.91 Å². The third kappa shape index (κ3) is 5.30. The van der Waals surface area contributed by atoms with Crippen molar-refractivity contribution in [1.29, 1.82) is 0 Å². The van der Waals surface area contributed by atoms with E-state index in [1.165, 1.54) is 19.1 Å². The number of aliphatic hydroxyl groups is 3. The van der Waals surface area contributed by atoms with Gasteiger partial charge in [0.1, 0.15) is 29.9 Å². The molecule has 1 heterocycles. The number of rotatable bonds is 6. The first-order valence-electron chi connectivity index (χ1n) is 9.31. The van der Waals surface area contributed by atoms with Crippen LogP contribution >= 0.6 is 0 Å². The number of halogens is 1. The Labute approximate surface area is 167 Å². The van der Waals surface area contributed by atoms with Crippen LogP contribution in [0.1, 0.15) is 12.5 Å². The first kappa shape index (κ1) is 21.2. The fourth-order valence-corrected chi connectivity index (χ4v) is 3.16. The molecule has 1 unspecified atom stereocenters. The van der Waals surface area contributed by atoms with E-state index in [0.29, 0.717) is 29.8 Å². The first-order valence-corrected chi connectivity index (χ1v) is 9.31. The highest BCUT2D eigenvalue weighted by atomic mass is 19.1. The largest absolute Gasteiger partial charge is 0.462 e. The molecule has 4 N–H and O–H groups in total. The molecule has 1 aliphatic rings. The van der Waals surface area contributed by atoms with Crippen molar-refractivity contribution in [1.82, 2.24) is 5.32 Å². The Morgan fingerprint density at radius 3 is 2.72 bits per heavy atom. The van der Waals surface area contributed by atoms with Crippen molar-refractivity contribution in [2.45, 2.75) is 37.9 Å². The second kappa shape index (κ2) is 9.32. The predicted octanol–water partition coefficient (Wildman–Crippen LogP) is 0.989. The zero-order valence-corrected chi connectivity index (χ0v) is 15.9. The number of carbonyl (C=O) groups is 1. The molecule has 8 heteroatoms. The van der Waals surface area contributed by atoms with Gasteiger partial charge in [0.15, 0.2) is 0 Å². The minimum atomic E-state index is -1.42. The molecule has 0 radical (unpaired) electrons.